The highest BCUT2D eigenvalue weighted by molar-refractivity contribution is 7.99. The zero-order valence-electron chi connectivity index (χ0n) is 13.3. The molecule has 4 nitrogen and oxygen atoms in total. The van der Waals surface area contributed by atoms with Gasteiger partial charge >= 0.3 is 0 Å². The highest BCUT2D eigenvalue weighted by Crippen LogP contribution is 2.34. The summed E-state index contributed by atoms with van der Waals surface area (Å²) in [7, 11) is 0. The van der Waals surface area contributed by atoms with E-state index in [2.05, 4.69) is 16.7 Å². The summed E-state index contributed by atoms with van der Waals surface area (Å²) in [5.74, 6) is 4.36. The van der Waals surface area contributed by atoms with Crippen LogP contribution in [0.5, 0.6) is 11.5 Å². The van der Waals surface area contributed by atoms with Crippen molar-refractivity contribution in [2.75, 3.05) is 31.4 Å². The molecule has 0 aliphatic carbocycles. The Morgan fingerprint density at radius 3 is 2.83 bits per heavy atom. The Hall–Kier alpha value is -1.20. The van der Waals surface area contributed by atoms with Crippen molar-refractivity contribution in [2.24, 2.45) is 5.92 Å². The fraction of sp³-hybridized carbons (Fsp3) is 0.611. The SMILES string of the molecule is O=C(c1ccc2c(c1)OCO2)C1CCCN(C2CCSCC2)C1. The summed E-state index contributed by atoms with van der Waals surface area (Å²) in [6.07, 6.45) is 4.68. The van der Waals surface area contributed by atoms with E-state index in [0.29, 0.717) is 11.8 Å². The van der Waals surface area contributed by atoms with Gasteiger partial charge in [-0.1, -0.05) is 0 Å². The summed E-state index contributed by atoms with van der Waals surface area (Å²) < 4.78 is 10.7. The van der Waals surface area contributed by atoms with Crippen molar-refractivity contribution in [1.29, 1.82) is 0 Å². The van der Waals surface area contributed by atoms with E-state index in [1.165, 1.54) is 24.3 Å². The number of carbonyl (C=O) groups excluding carboxylic acids is 1. The number of ketones is 1. The first-order valence-corrected chi connectivity index (χ1v) is 9.72. The van der Waals surface area contributed by atoms with Crippen LogP contribution in [0.1, 0.15) is 36.0 Å². The lowest BCUT2D eigenvalue weighted by Crippen LogP contribution is -2.46. The van der Waals surface area contributed by atoms with Crippen molar-refractivity contribution in [2.45, 2.75) is 31.7 Å². The molecule has 2 fully saturated rings. The fourth-order valence-corrected chi connectivity index (χ4v) is 4.97. The lowest BCUT2D eigenvalue weighted by molar-refractivity contribution is 0.0741. The summed E-state index contributed by atoms with van der Waals surface area (Å²) in [4.78, 5) is 15.5. The highest BCUT2D eigenvalue weighted by atomic mass is 32.2. The van der Waals surface area contributed by atoms with E-state index < -0.39 is 0 Å². The van der Waals surface area contributed by atoms with E-state index in [4.69, 9.17) is 9.47 Å². The van der Waals surface area contributed by atoms with E-state index in [1.54, 1.807) is 0 Å². The number of carbonyl (C=O) groups is 1. The Kier molecular flexibility index (Phi) is 4.49. The van der Waals surface area contributed by atoms with Gasteiger partial charge in [-0.05, 0) is 61.9 Å². The van der Waals surface area contributed by atoms with Gasteiger partial charge in [-0.15, -0.1) is 0 Å². The number of thioether (sulfide) groups is 1. The average Bonchev–Trinajstić information content (AvgIpc) is 3.09. The number of benzene rings is 1. The van der Waals surface area contributed by atoms with E-state index in [9.17, 15) is 4.79 Å². The summed E-state index contributed by atoms with van der Waals surface area (Å²) in [5.41, 5.74) is 0.764. The van der Waals surface area contributed by atoms with Gasteiger partial charge in [0, 0.05) is 24.1 Å². The van der Waals surface area contributed by atoms with Crippen LogP contribution in [0.15, 0.2) is 18.2 Å². The summed E-state index contributed by atoms with van der Waals surface area (Å²) in [5, 5.41) is 0. The van der Waals surface area contributed by atoms with Crippen LogP contribution < -0.4 is 9.47 Å². The molecule has 0 bridgehead atoms. The predicted octanol–water partition coefficient (Wildman–Crippen LogP) is 3.21. The van der Waals surface area contributed by atoms with Crippen LogP contribution in [0.2, 0.25) is 0 Å². The smallest absolute Gasteiger partial charge is 0.231 e. The monoisotopic (exact) mass is 333 g/mol. The molecule has 3 aliphatic heterocycles. The standard InChI is InChI=1S/C18H23NO3S/c20-18(13-3-4-16-17(10-13)22-12-21-16)14-2-1-7-19(11-14)15-5-8-23-9-6-15/h3-4,10,14-15H,1-2,5-9,11-12H2. The summed E-state index contributed by atoms with van der Waals surface area (Å²) in [6.45, 7) is 2.33. The summed E-state index contributed by atoms with van der Waals surface area (Å²) >= 11 is 2.06. The Bertz CT molecular complexity index is 586. The third-order valence-corrected chi connectivity index (χ3v) is 6.24. The minimum absolute atomic E-state index is 0.124. The van der Waals surface area contributed by atoms with Crippen molar-refractivity contribution < 1.29 is 14.3 Å². The molecular formula is C18H23NO3S. The molecule has 1 aromatic rings. The molecule has 3 aliphatic rings. The second-order valence-corrected chi connectivity index (χ2v) is 7.83. The van der Waals surface area contributed by atoms with E-state index in [0.717, 1.165) is 37.2 Å². The first-order chi connectivity index (χ1) is 11.3. The van der Waals surface area contributed by atoms with Gasteiger partial charge in [0.2, 0.25) is 6.79 Å². The number of piperidine rings is 1. The molecule has 0 N–H and O–H groups in total. The molecule has 1 atom stereocenters. The minimum atomic E-state index is 0.124. The molecule has 0 spiro atoms. The normalized spacial score (nSPS) is 25.5. The van der Waals surface area contributed by atoms with Gasteiger partial charge < -0.3 is 9.47 Å². The fourth-order valence-electron chi connectivity index (χ4n) is 3.89. The lowest BCUT2D eigenvalue weighted by atomic mass is 9.88. The second kappa shape index (κ2) is 6.73. The molecule has 4 rings (SSSR count). The molecule has 1 aromatic carbocycles. The zero-order valence-corrected chi connectivity index (χ0v) is 14.1. The maximum absolute atomic E-state index is 12.9. The van der Waals surface area contributed by atoms with Gasteiger partial charge in [-0.3, -0.25) is 9.69 Å². The number of Topliss-reactive ketones (excluding diaryl/α,β-unsaturated/α-hetero) is 1. The van der Waals surface area contributed by atoms with Gasteiger partial charge in [0.25, 0.3) is 0 Å². The van der Waals surface area contributed by atoms with Crippen LogP contribution in [0.4, 0.5) is 0 Å². The number of rotatable bonds is 3. The lowest BCUT2D eigenvalue weighted by Gasteiger charge is -2.39. The van der Waals surface area contributed by atoms with Crippen molar-refractivity contribution in [3.05, 3.63) is 23.8 Å². The van der Waals surface area contributed by atoms with Crippen LogP contribution in [-0.2, 0) is 0 Å². The van der Waals surface area contributed by atoms with E-state index in [-0.39, 0.29) is 18.5 Å². The Labute approximate surface area is 141 Å². The quantitative estimate of drug-likeness (QED) is 0.794. The highest BCUT2D eigenvalue weighted by Gasteiger charge is 2.31. The molecule has 0 radical (unpaired) electrons. The van der Waals surface area contributed by atoms with Crippen molar-refractivity contribution >= 4 is 17.5 Å². The second-order valence-electron chi connectivity index (χ2n) is 6.61. The minimum Gasteiger partial charge on any atom is -0.454 e. The molecule has 23 heavy (non-hydrogen) atoms. The molecule has 124 valence electrons. The number of ether oxygens (including phenoxy) is 2. The topological polar surface area (TPSA) is 38.8 Å². The number of hydrogen-bond acceptors (Lipinski definition) is 5. The largest absolute Gasteiger partial charge is 0.454 e. The first kappa shape index (κ1) is 15.3. The molecule has 3 heterocycles. The van der Waals surface area contributed by atoms with E-state index in [1.807, 2.05) is 18.2 Å². The number of nitrogens with zero attached hydrogens (tertiary/aromatic N) is 1. The van der Waals surface area contributed by atoms with Crippen LogP contribution in [-0.4, -0.2) is 48.1 Å². The third-order valence-electron chi connectivity index (χ3n) is 5.19. The van der Waals surface area contributed by atoms with Crippen LogP contribution in [0, 0.1) is 5.92 Å². The van der Waals surface area contributed by atoms with Gasteiger partial charge in [-0.2, -0.15) is 11.8 Å². The number of hydrogen-bond donors (Lipinski definition) is 0. The van der Waals surface area contributed by atoms with Crippen molar-refractivity contribution in [3.63, 3.8) is 0 Å². The van der Waals surface area contributed by atoms with Gasteiger partial charge in [0.15, 0.2) is 17.3 Å². The average molecular weight is 333 g/mol. The van der Waals surface area contributed by atoms with Gasteiger partial charge in [0.05, 0.1) is 0 Å². The predicted molar refractivity (Wildman–Crippen MR) is 91.5 cm³/mol. The van der Waals surface area contributed by atoms with Gasteiger partial charge in [0.1, 0.15) is 0 Å². The molecule has 1 unspecified atom stereocenters. The number of likely N-dealkylation sites (tertiary alicyclic amines) is 1. The zero-order chi connectivity index (χ0) is 15.6. The molecule has 5 heteroatoms. The van der Waals surface area contributed by atoms with Crippen molar-refractivity contribution in [3.8, 4) is 11.5 Å². The Morgan fingerprint density at radius 1 is 1.13 bits per heavy atom. The molecular weight excluding hydrogens is 310 g/mol. The van der Waals surface area contributed by atoms with Crippen LogP contribution in [0.25, 0.3) is 0 Å². The maximum atomic E-state index is 12.9. The molecule has 2 saturated heterocycles. The Morgan fingerprint density at radius 2 is 1.96 bits per heavy atom. The van der Waals surface area contributed by atoms with E-state index >= 15 is 0 Å². The molecule has 0 saturated carbocycles. The molecule has 0 amide bonds. The summed E-state index contributed by atoms with van der Waals surface area (Å²) in [6, 6.07) is 6.27. The van der Waals surface area contributed by atoms with Gasteiger partial charge in [-0.25, -0.2) is 0 Å². The third kappa shape index (κ3) is 3.22. The molecule has 0 aromatic heterocycles. The Balaban J connectivity index is 1.45. The maximum Gasteiger partial charge on any atom is 0.231 e. The van der Waals surface area contributed by atoms with Crippen LogP contribution in [0.3, 0.4) is 0 Å². The first-order valence-electron chi connectivity index (χ1n) is 8.57. The number of fused-ring (bicyclic) bond motifs is 1. The van der Waals surface area contributed by atoms with Crippen molar-refractivity contribution in [1.82, 2.24) is 4.90 Å². The van der Waals surface area contributed by atoms with Crippen LogP contribution >= 0.6 is 11.8 Å².